The van der Waals surface area contributed by atoms with Crippen molar-refractivity contribution in [2.24, 2.45) is 0 Å². The summed E-state index contributed by atoms with van der Waals surface area (Å²) in [5.74, 6) is -0.271. The molecule has 1 aromatic heterocycles. The molecule has 0 radical (unpaired) electrons. The molecule has 2 rings (SSSR count). The van der Waals surface area contributed by atoms with Gasteiger partial charge in [0, 0.05) is 18.5 Å². The van der Waals surface area contributed by atoms with Crippen molar-refractivity contribution in [3.63, 3.8) is 0 Å². The maximum atomic E-state index is 12.1. The molecule has 8 nitrogen and oxygen atoms in total. The number of amides is 3. The lowest BCUT2D eigenvalue weighted by Gasteiger charge is -2.17. The minimum absolute atomic E-state index is 0.0406. The molecule has 3 amide bonds. The van der Waals surface area contributed by atoms with Gasteiger partial charge < -0.3 is 10.6 Å². The number of aromatic nitrogens is 2. The highest BCUT2D eigenvalue weighted by atomic mass is 32.2. The van der Waals surface area contributed by atoms with E-state index in [0.717, 1.165) is 12.8 Å². The molecule has 1 aliphatic carbocycles. The van der Waals surface area contributed by atoms with E-state index < -0.39 is 0 Å². The number of rotatable bonds is 9. The minimum Gasteiger partial charge on any atom is -0.352 e. The van der Waals surface area contributed by atoms with Crippen molar-refractivity contribution in [2.45, 2.75) is 56.5 Å². The van der Waals surface area contributed by atoms with Gasteiger partial charge in [0.05, 0.1) is 12.3 Å². The Kier molecular flexibility index (Phi) is 7.18. The highest BCUT2D eigenvalue weighted by molar-refractivity contribution is 8.01. The Morgan fingerprint density at radius 2 is 2.00 bits per heavy atom. The van der Waals surface area contributed by atoms with Gasteiger partial charge in [-0.2, -0.15) is 0 Å². The van der Waals surface area contributed by atoms with Gasteiger partial charge in [-0.25, -0.2) is 0 Å². The highest BCUT2D eigenvalue weighted by Gasteiger charge is 2.35. The van der Waals surface area contributed by atoms with E-state index in [9.17, 15) is 14.4 Å². The first-order chi connectivity index (χ1) is 11.9. The van der Waals surface area contributed by atoms with Crippen LogP contribution >= 0.6 is 23.1 Å². The molecule has 0 atom stereocenters. The number of thioether (sulfide) groups is 1. The van der Waals surface area contributed by atoms with Crippen molar-refractivity contribution in [3.05, 3.63) is 0 Å². The number of carbonyl (C=O) groups excluding carboxylic acids is 3. The molecule has 0 aliphatic heterocycles. The maximum absolute atomic E-state index is 12.1. The molecule has 0 unspecified atom stereocenters. The van der Waals surface area contributed by atoms with Crippen LogP contribution in [0.3, 0.4) is 0 Å². The van der Waals surface area contributed by atoms with Gasteiger partial charge in [0.25, 0.3) is 0 Å². The van der Waals surface area contributed by atoms with Crippen molar-refractivity contribution in [3.8, 4) is 0 Å². The van der Waals surface area contributed by atoms with Gasteiger partial charge >= 0.3 is 0 Å². The standard InChI is InChI=1S/C15H23N5O3S2/c1-4-13(23)20(10-5-6-10)14-18-19-15(25-14)24-8-12(22)16-7-11(21)17-9(2)3/h9-10H,4-8H2,1-3H3,(H,16,22)(H,17,21). The van der Waals surface area contributed by atoms with E-state index in [2.05, 4.69) is 20.8 Å². The second-order valence-electron chi connectivity index (χ2n) is 5.99. The van der Waals surface area contributed by atoms with E-state index in [1.54, 1.807) is 4.90 Å². The summed E-state index contributed by atoms with van der Waals surface area (Å²) in [7, 11) is 0. The second-order valence-corrected chi connectivity index (χ2v) is 8.17. The summed E-state index contributed by atoms with van der Waals surface area (Å²) in [4.78, 5) is 37.1. The van der Waals surface area contributed by atoms with Crippen molar-refractivity contribution in [1.29, 1.82) is 0 Å². The number of anilines is 1. The zero-order valence-electron chi connectivity index (χ0n) is 14.6. The quantitative estimate of drug-likeness (QED) is 0.489. The van der Waals surface area contributed by atoms with E-state index in [0.29, 0.717) is 15.9 Å². The molecule has 0 saturated heterocycles. The van der Waals surface area contributed by atoms with E-state index in [-0.39, 0.29) is 42.1 Å². The topological polar surface area (TPSA) is 104 Å². The fourth-order valence-corrected chi connectivity index (χ4v) is 3.82. The fraction of sp³-hybridized carbons (Fsp3) is 0.667. The van der Waals surface area contributed by atoms with Crippen LogP contribution in [-0.4, -0.2) is 52.3 Å². The molecule has 0 spiro atoms. The predicted octanol–water partition coefficient (Wildman–Crippen LogP) is 1.18. The van der Waals surface area contributed by atoms with Crippen LogP contribution in [0, 0.1) is 0 Å². The molecular weight excluding hydrogens is 362 g/mol. The molecule has 25 heavy (non-hydrogen) atoms. The van der Waals surface area contributed by atoms with E-state index in [4.69, 9.17) is 0 Å². The Labute approximate surface area is 155 Å². The van der Waals surface area contributed by atoms with E-state index >= 15 is 0 Å². The van der Waals surface area contributed by atoms with Crippen LogP contribution in [-0.2, 0) is 14.4 Å². The van der Waals surface area contributed by atoms with Crippen molar-refractivity contribution in [2.75, 3.05) is 17.2 Å². The average molecular weight is 386 g/mol. The molecule has 10 heteroatoms. The van der Waals surface area contributed by atoms with Crippen LogP contribution < -0.4 is 15.5 Å². The van der Waals surface area contributed by atoms with Gasteiger partial charge in [-0.1, -0.05) is 30.0 Å². The Hall–Kier alpha value is -1.68. The summed E-state index contributed by atoms with van der Waals surface area (Å²) in [6.07, 6.45) is 2.42. The highest BCUT2D eigenvalue weighted by Crippen LogP contribution is 2.36. The summed E-state index contributed by atoms with van der Waals surface area (Å²) in [6, 6.07) is 0.278. The SMILES string of the molecule is CCC(=O)N(c1nnc(SCC(=O)NCC(=O)NC(C)C)s1)C1CC1. The smallest absolute Gasteiger partial charge is 0.239 e. The van der Waals surface area contributed by atoms with Gasteiger partial charge in [0.2, 0.25) is 22.9 Å². The van der Waals surface area contributed by atoms with Crippen LogP contribution in [0.1, 0.15) is 40.0 Å². The molecule has 1 aromatic rings. The average Bonchev–Trinajstić information content (AvgIpc) is 3.28. The third-order valence-corrected chi connectivity index (χ3v) is 5.36. The van der Waals surface area contributed by atoms with E-state index in [1.807, 2.05) is 20.8 Å². The summed E-state index contributed by atoms with van der Waals surface area (Å²) in [5.41, 5.74) is 0. The van der Waals surface area contributed by atoms with Crippen LogP contribution in [0.2, 0.25) is 0 Å². The second kappa shape index (κ2) is 9.14. The molecule has 1 saturated carbocycles. The zero-order valence-corrected chi connectivity index (χ0v) is 16.2. The molecule has 0 bridgehead atoms. The lowest BCUT2D eigenvalue weighted by Crippen LogP contribution is -2.40. The third kappa shape index (κ3) is 6.28. The first-order valence-corrected chi connectivity index (χ1v) is 10.0. The fourth-order valence-electron chi connectivity index (χ4n) is 2.06. The molecule has 1 heterocycles. The monoisotopic (exact) mass is 385 g/mol. The van der Waals surface area contributed by atoms with Crippen LogP contribution in [0.15, 0.2) is 4.34 Å². The number of hydrogen-bond acceptors (Lipinski definition) is 7. The Morgan fingerprint density at radius 3 is 2.60 bits per heavy atom. The number of carbonyl (C=O) groups is 3. The first-order valence-electron chi connectivity index (χ1n) is 8.25. The minimum atomic E-state index is -0.246. The summed E-state index contributed by atoms with van der Waals surface area (Å²) >= 11 is 2.56. The van der Waals surface area contributed by atoms with Gasteiger partial charge in [0.15, 0.2) is 4.34 Å². The Balaban J connectivity index is 1.80. The molecular formula is C15H23N5O3S2. The molecule has 138 valence electrons. The summed E-state index contributed by atoms with van der Waals surface area (Å²) < 4.78 is 0.631. The van der Waals surface area contributed by atoms with Gasteiger partial charge in [0.1, 0.15) is 0 Å². The van der Waals surface area contributed by atoms with Gasteiger partial charge in [-0.05, 0) is 26.7 Å². The molecule has 1 fully saturated rings. The van der Waals surface area contributed by atoms with Crippen LogP contribution in [0.5, 0.6) is 0 Å². The Morgan fingerprint density at radius 1 is 1.28 bits per heavy atom. The zero-order chi connectivity index (χ0) is 18.4. The summed E-state index contributed by atoms with van der Waals surface area (Å²) in [6.45, 7) is 5.50. The molecule has 0 aromatic carbocycles. The maximum Gasteiger partial charge on any atom is 0.239 e. The lowest BCUT2D eigenvalue weighted by molar-refractivity contribution is -0.125. The van der Waals surface area contributed by atoms with E-state index in [1.165, 1.54) is 23.1 Å². The number of nitrogens with zero attached hydrogens (tertiary/aromatic N) is 3. The van der Waals surface area contributed by atoms with Crippen molar-refractivity contribution >= 4 is 46.0 Å². The molecule has 1 aliphatic rings. The predicted molar refractivity (Wildman–Crippen MR) is 97.7 cm³/mol. The van der Waals surface area contributed by atoms with Crippen LogP contribution in [0.4, 0.5) is 5.13 Å². The van der Waals surface area contributed by atoms with Crippen molar-refractivity contribution < 1.29 is 14.4 Å². The van der Waals surface area contributed by atoms with Crippen LogP contribution in [0.25, 0.3) is 0 Å². The molecule has 2 N–H and O–H groups in total. The normalized spacial score (nSPS) is 13.6. The summed E-state index contributed by atoms with van der Waals surface area (Å²) in [5, 5.41) is 14.0. The third-order valence-electron chi connectivity index (χ3n) is 3.31. The Bertz CT molecular complexity index is 630. The largest absolute Gasteiger partial charge is 0.352 e. The number of nitrogens with one attached hydrogen (secondary N) is 2. The lowest BCUT2D eigenvalue weighted by atomic mass is 10.4. The first kappa shape index (κ1) is 19.6. The van der Waals surface area contributed by atoms with Gasteiger partial charge in [-0.15, -0.1) is 10.2 Å². The van der Waals surface area contributed by atoms with Crippen molar-refractivity contribution in [1.82, 2.24) is 20.8 Å². The van der Waals surface area contributed by atoms with Gasteiger partial charge in [-0.3, -0.25) is 19.3 Å². The number of hydrogen-bond donors (Lipinski definition) is 2.